The van der Waals surface area contributed by atoms with E-state index in [4.69, 9.17) is 0 Å². The number of nitrogens with one attached hydrogen (secondary N) is 1. The van der Waals surface area contributed by atoms with Gasteiger partial charge in [0.15, 0.2) is 0 Å². The molecule has 1 aliphatic heterocycles. The van der Waals surface area contributed by atoms with Crippen molar-refractivity contribution in [3.8, 4) is 0 Å². The van der Waals surface area contributed by atoms with Gasteiger partial charge in [0, 0.05) is 11.4 Å². The van der Waals surface area contributed by atoms with E-state index in [0.717, 1.165) is 12.5 Å². The Kier molecular flexibility index (Phi) is 6.15. The minimum atomic E-state index is 0.892. The average Bonchev–Trinajstić information content (AvgIpc) is 2.77. The Morgan fingerprint density at radius 3 is 2.78 bits per heavy atom. The molecule has 0 spiro atoms. The fourth-order valence-electron chi connectivity index (χ4n) is 2.49. The van der Waals surface area contributed by atoms with Gasteiger partial charge in [-0.1, -0.05) is 6.92 Å². The van der Waals surface area contributed by atoms with Gasteiger partial charge in [-0.25, -0.2) is 0 Å². The zero-order valence-corrected chi connectivity index (χ0v) is 13.5. The highest BCUT2D eigenvalue weighted by molar-refractivity contribution is 9.11. The van der Waals surface area contributed by atoms with E-state index < -0.39 is 0 Å². The summed E-state index contributed by atoms with van der Waals surface area (Å²) in [7, 11) is 0. The van der Waals surface area contributed by atoms with Crippen LogP contribution < -0.4 is 5.32 Å². The molecule has 0 aliphatic carbocycles. The fourth-order valence-corrected chi connectivity index (χ4v) is 4.01. The molecule has 1 fully saturated rings. The summed E-state index contributed by atoms with van der Waals surface area (Å²) in [6.07, 6.45) is 3.94. The Morgan fingerprint density at radius 2 is 2.17 bits per heavy atom. The summed E-state index contributed by atoms with van der Waals surface area (Å²) in [5, 5.41) is 3.55. The van der Waals surface area contributed by atoms with Crippen molar-refractivity contribution < 1.29 is 0 Å². The molecule has 1 aromatic heterocycles. The lowest BCUT2D eigenvalue weighted by Crippen LogP contribution is -2.36. The molecule has 2 heterocycles. The van der Waals surface area contributed by atoms with Crippen molar-refractivity contribution in [1.29, 1.82) is 0 Å². The fraction of sp³-hybridized carbons (Fsp3) is 0.714. The van der Waals surface area contributed by atoms with Crippen LogP contribution in [0, 0.1) is 5.92 Å². The van der Waals surface area contributed by atoms with Gasteiger partial charge >= 0.3 is 0 Å². The quantitative estimate of drug-likeness (QED) is 0.799. The second kappa shape index (κ2) is 7.63. The van der Waals surface area contributed by atoms with Crippen LogP contribution in [0.3, 0.4) is 0 Å². The Balaban J connectivity index is 1.67. The van der Waals surface area contributed by atoms with Crippen LogP contribution in [0.5, 0.6) is 0 Å². The summed E-state index contributed by atoms with van der Waals surface area (Å²) >= 11 is 5.40. The first-order valence-electron chi connectivity index (χ1n) is 6.95. The van der Waals surface area contributed by atoms with Gasteiger partial charge in [-0.3, -0.25) is 4.90 Å². The number of likely N-dealkylation sites (tertiary alicyclic amines) is 1. The number of halogens is 1. The summed E-state index contributed by atoms with van der Waals surface area (Å²) in [6.45, 7) is 8.26. The molecule has 0 atom stereocenters. The molecular weight excluding hydrogens is 308 g/mol. The highest BCUT2D eigenvalue weighted by Crippen LogP contribution is 2.25. The molecule has 2 nitrogen and oxygen atoms in total. The molecular formula is C14H23BrN2S. The molecule has 0 saturated carbocycles. The van der Waals surface area contributed by atoms with Crippen LogP contribution in [-0.4, -0.2) is 31.1 Å². The van der Waals surface area contributed by atoms with E-state index in [2.05, 4.69) is 45.2 Å². The molecule has 1 aromatic rings. The maximum atomic E-state index is 3.55. The third-order valence-electron chi connectivity index (χ3n) is 3.58. The highest BCUT2D eigenvalue weighted by atomic mass is 79.9. The van der Waals surface area contributed by atoms with Crippen molar-refractivity contribution in [3.05, 3.63) is 20.8 Å². The summed E-state index contributed by atoms with van der Waals surface area (Å²) < 4.78 is 1.25. The summed E-state index contributed by atoms with van der Waals surface area (Å²) in [6, 6.07) is 4.39. The maximum absolute atomic E-state index is 3.55. The van der Waals surface area contributed by atoms with Crippen molar-refractivity contribution in [2.45, 2.75) is 32.7 Å². The maximum Gasteiger partial charge on any atom is 0.0701 e. The zero-order chi connectivity index (χ0) is 12.8. The van der Waals surface area contributed by atoms with E-state index in [1.165, 1.54) is 54.1 Å². The van der Waals surface area contributed by atoms with Crippen LogP contribution in [0.15, 0.2) is 15.9 Å². The number of rotatable bonds is 6. The zero-order valence-electron chi connectivity index (χ0n) is 11.1. The number of piperidine rings is 1. The lowest BCUT2D eigenvalue weighted by molar-refractivity contribution is 0.177. The van der Waals surface area contributed by atoms with Crippen molar-refractivity contribution >= 4 is 27.3 Å². The third kappa shape index (κ3) is 4.65. The largest absolute Gasteiger partial charge is 0.316 e. The standard InChI is InChI=1S/C14H23BrN2S/c1-2-7-16-10-12-5-8-17(9-6-12)11-13-3-4-14(15)18-13/h3-4,12,16H,2,5-11H2,1H3. The lowest BCUT2D eigenvalue weighted by Gasteiger charge is -2.31. The van der Waals surface area contributed by atoms with Gasteiger partial charge in [0.05, 0.1) is 3.79 Å². The monoisotopic (exact) mass is 330 g/mol. The Morgan fingerprint density at radius 1 is 1.39 bits per heavy atom. The molecule has 4 heteroatoms. The molecule has 1 saturated heterocycles. The average molecular weight is 331 g/mol. The minimum Gasteiger partial charge on any atom is -0.316 e. The normalized spacial score (nSPS) is 18.3. The van der Waals surface area contributed by atoms with Gasteiger partial charge in [0.2, 0.25) is 0 Å². The summed E-state index contributed by atoms with van der Waals surface area (Å²) in [5.41, 5.74) is 0. The first-order valence-corrected chi connectivity index (χ1v) is 8.56. The Bertz CT molecular complexity index is 345. The van der Waals surface area contributed by atoms with Crippen LogP contribution >= 0.6 is 27.3 Å². The molecule has 0 aromatic carbocycles. The summed E-state index contributed by atoms with van der Waals surface area (Å²) in [5.74, 6) is 0.892. The second-order valence-electron chi connectivity index (χ2n) is 5.13. The van der Waals surface area contributed by atoms with E-state index in [1.54, 1.807) is 0 Å². The molecule has 18 heavy (non-hydrogen) atoms. The molecule has 0 unspecified atom stereocenters. The van der Waals surface area contributed by atoms with Gasteiger partial charge in [-0.05, 0) is 79.4 Å². The van der Waals surface area contributed by atoms with Crippen molar-refractivity contribution in [1.82, 2.24) is 10.2 Å². The predicted molar refractivity (Wildman–Crippen MR) is 83.2 cm³/mol. The minimum absolute atomic E-state index is 0.892. The van der Waals surface area contributed by atoms with E-state index in [0.29, 0.717) is 0 Å². The first kappa shape index (κ1) is 14.5. The SMILES string of the molecule is CCCNCC1CCN(Cc2ccc(Br)s2)CC1. The number of hydrogen-bond acceptors (Lipinski definition) is 3. The van der Waals surface area contributed by atoms with Gasteiger partial charge in [0.1, 0.15) is 0 Å². The lowest BCUT2D eigenvalue weighted by atomic mass is 9.97. The topological polar surface area (TPSA) is 15.3 Å². The second-order valence-corrected chi connectivity index (χ2v) is 7.68. The molecule has 0 amide bonds. The van der Waals surface area contributed by atoms with E-state index >= 15 is 0 Å². The van der Waals surface area contributed by atoms with Crippen LogP contribution in [0.1, 0.15) is 31.1 Å². The Labute approximate surface area is 123 Å². The van der Waals surface area contributed by atoms with Crippen LogP contribution in [0.4, 0.5) is 0 Å². The van der Waals surface area contributed by atoms with Crippen LogP contribution in [0.25, 0.3) is 0 Å². The van der Waals surface area contributed by atoms with Crippen LogP contribution in [-0.2, 0) is 6.54 Å². The molecule has 0 bridgehead atoms. The Hall–Kier alpha value is 0.1000. The smallest absolute Gasteiger partial charge is 0.0701 e. The highest BCUT2D eigenvalue weighted by Gasteiger charge is 2.19. The predicted octanol–water partition coefficient (Wildman–Crippen LogP) is 3.72. The molecule has 1 N–H and O–H groups in total. The van der Waals surface area contributed by atoms with Crippen molar-refractivity contribution in [2.24, 2.45) is 5.92 Å². The van der Waals surface area contributed by atoms with Gasteiger partial charge < -0.3 is 5.32 Å². The number of nitrogens with zero attached hydrogens (tertiary/aromatic N) is 1. The third-order valence-corrected chi connectivity index (χ3v) is 5.18. The molecule has 0 radical (unpaired) electrons. The first-order chi connectivity index (χ1) is 8.78. The van der Waals surface area contributed by atoms with Crippen molar-refractivity contribution in [2.75, 3.05) is 26.2 Å². The van der Waals surface area contributed by atoms with E-state index in [1.807, 2.05) is 11.3 Å². The van der Waals surface area contributed by atoms with Crippen molar-refractivity contribution in [3.63, 3.8) is 0 Å². The van der Waals surface area contributed by atoms with E-state index in [9.17, 15) is 0 Å². The molecule has 1 aliphatic rings. The number of hydrogen-bond donors (Lipinski definition) is 1. The summed E-state index contributed by atoms with van der Waals surface area (Å²) in [4.78, 5) is 4.07. The molecule has 2 rings (SSSR count). The number of thiophene rings is 1. The van der Waals surface area contributed by atoms with Gasteiger partial charge in [-0.2, -0.15) is 0 Å². The van der Waals surface area contributed by atoms with E-state index in [-0.39, 0.29) is 0 Å². The van der Waals surface area contributed by atoms with Crippen LogP contribution in [0.2, 0.25) is 0 Å². The van der Waals surface area contributed by atoms with Gasteiger partial charge in [0.25, 0.3) is 0 Å². The van der Waals surface area contributed by atoms with Gasteiger partial charge in [-0.15, -0.1) is 11.3 Å². The molecule has 102 valence electrons.